The highest BCUT2D eigenvalue weighted by Gasteiger charge is 2.09. The van der Waals surface area contributed by atoms with Crippen molar-refractivity contribution in [1.29, 1.82) is 0 Å². The number of aryl methyl sites for hydroxylation is 2. The molecule has 0 saturated heterocycles. The van der Waals surface area contributed by atoms with Crippen LogP contribution in [0.2, 0.25) is 0 Å². The van der Waals surface area contributed by atoms with Crippen molar-refractivity contribution in [2.45, 2.75) is 6.54 Å². The van der Waals surface area contributed by atoms with Crippen molar-refractivity contribution in [3.05, 3.63) is 75.8 Å². The van der Waals surface area contributed by atoms with Gasteiger partial charge in [0.1, 0.15) is 5.75 Å². The molecule has 0 bridgehead atoms. The van der Waals surface area contributed by atoms with Gasteiger partial charge in [0.25, 0.3) is 11.1 Å². The molecule has 4 aromatic heterocycles. The van der Waals surface area contributed by atoms with Gasteiger partial charge in [0.15, 0.2) is 22.3 Å². The first-order chi connectivity index (χ1) is 15.0. The second-order valence-electron chi connectivity index (χ2n) is 6.82. The highest BCUT2D eigenvalue weighted by molar-refractivity contribution is 5.69. The van der Waals surface area contributed by atoms with Crippen LogP contribution in [-0.2, 0) is 20.6 Å². The van der Waals surface area contributed by atoms with Crippen molar-refractivity contribution in [2.24, 2.45) is 14.1 Å². The number of methoxy groups -OCH3 is 1. The average molecular weight is 420 g/mol. The summed E-state index contributed by atoms with van der Waals surface area (Å²) in [7, 11) is 4.96. The first-order valence-corrected chi connectivity index (χ1v) is 9.32. The largest absolute Gasteiger partial charge is 0.497 e. The van der Waals surface area contributed by atoms with Crippen molar-refractivity contribution in [3.8, 4) is 5.75 Å². The first-order valence-electron chi connectivity index (χ1n) is 9.32. The summed E-state index contributed by atoms with van der Waals surface area (Å²) in [5.74, 6) is 0.807. The number of benzene rings is 1. The van der Waals surface area contributed by atoms with Gasteiger partial charge in [0.2, 0.25) is 0 Å². The third-order valence-electron chi connectivity index (χ3n) is 4.71. The number of aromatic amines is 1. The van der Waals surface area contributed by atoms with Gasteiger partial charge in [-0.15, -0.1) is 0 Å². The maximum atomic E-state index is 12.1. The molecule has 0 spiro atoms. The Bertz CT molecular complexity index is 1460. The Morgan fingerprint density at radius 2 is 1.52 bits per heavy atom. The third-order valence-corrected chi connectivity index (χ3v) is 4.71. The number of nitrogens with zero attached hydrogens (tertiary/aromatic N) is 7. The number of fused-ring (bicyclic) bond motifs is 2. The average Bonchev–Trinajstić information content (AvgIpc) is 3.42. The van der Waals surface area contributed by atoms with Gasteiger partial charge >= 0.3 is 0 Å². The van der Waals surface area contributed by atoms with E-state index in [1.165, 1.54) is 28.1 Å². The molecule has 1 aromatic carbocycles. The minimum Gasteiger partial charge on any atom is -0.497 e. The number of ether oxygens (including phenoxy) is 1. The third kappa shape index (κ3) is 3.92. The normalized spacial score (nSPS) is 10.8. The van der Waals surface area contributed by atoms with E-state index in [9.17, 15) is 9.59 Å². The van der Waals surface area contributed by atoms with E-state index in [1.807, 2.05) is 28.8 Å². The van der Waals surface area contributed by atoms with Crippen molar-refractivity contribution >= 4 is 22.3 Å². The number of rotatable bonds is 3. The zero-order valence-corrected chi connectivity index (χ0v) is 17.2. The maximum absolute atomic E-state index is 12.1. The maximum Gasteiger partial charge on any atom is 0.279 e. The molecule has 5 aromatic rings. The van der Waals surface area contributed by atoms with Crippen molar-refractivity contribution in [3.63, 3.8) is 0 Å². The fourth-order valence-corrected chi connectivity index (χ4v) is 3.01. The van der Waals surface area contributed by atoms with E-state index in [4.69, 9.17) is 4.74 Å². The molecular weight excluding hydrogens is 400 g/mol. The van der Waals surface area contributed by atoms with Gasteiger partial charge in [-0.25, -0.2) is 19.9 Å². The lowest BCUT2D eigenvalue weighted by Crippen LogP contribution is -2.19. The van der Waals surface area contributed by atoms with Crippen LogP contribution in [0.1, 0.15) is 5.56 Å². The molecule has 0 unspecified atom stereocenters. The van der Waals surface area contributed by atoms with E-state index in [-0.39, 0.29) is 11.1 Å². The molecule has 11 nitrogen and oxygen atoms in total. The molecule has 0 aliphatic rings. The first kappa shape index (κ1) is 20.0. The van der Waals surface area contributed by atoms with E-state index in [0.29, 0.717) is 28.9 Å². The summed E-state index contributed by atoms with van der Waals surface area (Å²) in [6.45, 7) is 0.571. The van der Waals surface area contributed by atoms with E-state index in [0.717, 1.165) is 11.3 Å². The van der Waals surface area contributed by atoms with Crippen LogP contribution in [0.3, 0.4) is 0 Å². The number of hydrogen-bond acceptors (Lipinski definition) is 7. The van der Waals surface area contributed by atoms with Gasteiger partial charge in [0, 0.05) is 20.6 Å². The second-order valence-corrected chi connectivity index (χ2v) is 6.82. The summed E-state index contributed by atoms with van der Waals surface area (Å²) < 4.78 is 9.80. The fraction of sp³-hybridized carbons (Fsp3) is 0.200. The number of nitrogens with one attached hydrogen (secondary N) is 1. The molecule has 5 rings (SSSR count). The molecule has 1 N–H and O–H groups in total. The smallest absolute Gasteiger partial charge is 0.279 e. The summed E-state index contributed by atoms with van der Waals surface area (Å²) in [6.07, 6.45) is 6.03. The highest BCUT2D eigenvalue weighted by atomic mass is 16.5. The Kier molecular flexibility index (Phi) is 5.31. The van der Waals surface area contributed by atoms with Crippen LogP contribution in [0, 0.1) is 0 Å². The number of aromatic nitrogens is 8. The predicted octanol–water partition coefficient (Wildman–Crippen LogP) is 0.843. The van der Waals surface area contributed by atoms with Crippen LogP contribution in [0.4, 0.5) is 0 Å². The van der Waals surface area contributed by atoms with Gasteiger partial charge in [-0.3, -0.25) is 9.59 Å². The van der Waals surface area contributed by atoms with Crippen molar-refractivity contribution in [1.82, 2.24) is 38.6 Å². The van der Waals surface area contributed by atoms with Gasteiger partial charge < -0.3 is 23.4 Å². The summed E-state index contributed by atoms with van der Waals surface area (Å²) in [4.78, 5) is 42.2. The fourth-order valence-electron chi connectivity index (χ4n) is 3.01. The van der Waals surface area contributed by atoms with E-state index in [1.54, 1.807) is 27.5 Å². The summed E-state index contributed by atoms with van der Waals surface area (Å²) >= 11 is 0. The minimum absolute atomic E-state index is 0.0963. The second kappa shape index (κ2) is 8.22. The molecule has 0 atom stereocenters. The number of imidazole rings is 2. The summed E-state index contributed by atoms with van der Waals surface area (Å²) in [5.41, 5.74) is 2.78. The van der Waals surface area contributed by atoms with Gasteiger partial charge in [-0.1, -0.05) is 12.1 Å². The lowest BCUT2D eigenvalue weighted by Gasteiger charge is -2.06. The van der Waals surface area contributed by atoms with Crippen molar-refractivity contribution < 1.29 is 4.74 Å². The monoisotopic (exact) mass is 420 g/mol. The molecule has 0 amide bonds. The standard InChI is InChI=1S/C14H14N4O2.C6H6N4O/c1-17-8-15-13-12(14(17)19)18(9-16-13)7-10-3-5-11(20-2)6-4-10;1-10-3-9-5-4(6(10)11)7-2-8-5/h3-6,8-9H,7H2,1-2H3;2-3H,1H3,(H,7,8). The molecule has 0 aliphatic carbocycles. The minimum atomic E-state index is -0.104. The van der Waals surface area contributed by atoms with Crippen LogP contribution in [0.5, 0.6) is 5.75 Å². The van der Waals surface area contributed by atoms with Gasteiger partial charge in [-0.2, -0.15) is 0 Å². The topological polar surface area (TPSA) is 126 Å². The zero-order chi connectivity index (χ0) is 22.0. The van der Waals surface area contributed by atoms with E-state index >= 15 is 0 Å². The highest BCUT2D eigenvalue weighted by Crippen LogP contribution is 2.14. The zero-order valence-electron chi connectivity index (χ0n) is 17.2. The molecule has 158 valence electrons. The Morgan fingerprint density at radius 1 is 0.871 bits per heavy atom. The van der Waals surface area contributed by atoms with Crippen molar-refractivity contribution in [2.75, 3.05) is 7.11 Å². The molecular formula is C20H20N8O3. The van der Waals surface area contributed by atoms with Crippen LogP contribution < -0.4 is 15.9 Å². The molecule has 11 heteroatoms. The molecule has 0 saturated carbocycles. The lowest BCUT2D eigenvalue weighted by atomic mass is 10.2. The summed E-state index contributed by atoms with van der Waals surface area (Å²) in [5, 5.41) is 0. The SMILES string of the molecule is COc1ccc(Cn2cnc3ncn(C)c(=O)c32)cc1.Cn1cnc2nc[nH]c2c1=O. The van der Waals surface area contributed by atoms with Crippen LogP contribution in [0.15, 0.2) is 59.2 Å². The predicted molar refractivity (Wildman–Crippen MR) is 114 cm³/mol. The Balaban J connectivity index is 0.000000177. The summed E-state index contributed by atoms with van der Waals surface area (Å²) in [6, 6.07) is 7.71. The Labute approximate surface area is 175 Å². The van der Waals surface area contributed by atoms with Gasteiger partial charge in [-0.05, 0) is 17.7 Å². The molecule has 4 heterocycles. The van der Waals surface area contributed by atoms with Gasteiger partial charge in [0.05, 0.1) is 32.4 Å². The van der Waals surface area contributed by atoms with E-state index < -0.39 is 0 Å². The number of H-pyrrole nitrogens is 1. The van der Waals surface area contributed by atoms with Crippen LogP contribution in [0.25, 0.3) is 22.3 Å². The molecule has 0 aliphatic heterocycles. The molecule has 0 radical (unpaired) electrons. The molecule has 31 heavy (non-hydrogen) atoms. The van der Waals surface area contributed by atoms with Crippen LogP contribution in [-0.4, -0.2) is 45.7 Å². The van der Waals surface area contributed by atoms with E-state index in [2.05, 4.69) is 24.9 Å². The Morgan fingerprint density at radius 3 is 2.23 bits per heavy atom. The number of hydrogen-bond donors (Lipinski definition) is 1. The molecule has 0 fully saturated rings. The van der Waals surface area contributed by atoms with Crippen LogP contribution >= 0.6 is 0 Å². The Hall–Kier alpha value is -4.28. The lowest BCUT2D eigenvalue weighted by molar-refractivity contribution is 0.414. The quantitative estimate of drug-likeness (QED) is 0.458.